The number of hydrogen-bond donors (Lipinski definition) is 0. The third-order valence-corrected chi connectivity index (χ3v) is 8.57. The zero-order chi connectivity index (χ0) is 26.8. The van der Waals surface area contributed by atoms with E-state index in [9.17, 15) is 0 Å². The second-order valence-corrected chi connectivity index (χ2v) is 11.2. The highest BCUT2D eigenvalue weighted by Crippen LogP contribution is 2.61. The van der Waals surface area contributed by atoms with Crippen molar-refractivity contribution in [2.24, 2.45) is 5.41 Å². The molecule has 5 heteroatoms. The van der Waals surface area contributed by atoms with Gasteiger partial charge in [0.2, 0.25) is 0 Å². The summed E-state index contributed by atoms with van der Waals surface area (Å²) >= 11 is 0. The molecular weight excluding hydrogens is 490 g/mol. The van der Waals surface area contributed by atoms with Gasteiger partial charge in [-0.2, -0.15) is 0 Å². The smallest absolute Gasteiger partial charge is 0.159 e. The Morgan fingerprint density at radius 2 is 1.35 bits per heavy atom. The van der Waals surface area contributed by atoms with Crippen LogP contribution in [0.4, 0.5) is 5.69 Å². The molecule has 3 aromatic carbocycles. The molecule has 1 aliphatic heterocycles. The summed E-state index contributed by atoms with van der Waals surface area (Å²) in [4.78, 5) is 21.0. The minimum Gasteiger partial charge on any atom is -0.333 e. The molecule has 1 unspecified atom stereocenters. The second-order valence-electron chi connectivity index (χ2n) is 11.2. The molecule has 0 saturated heterocycles. The first-order valence-electron chi connectivity index (χ1n) is 13.7. The van der Waals surface area contributed by atoms with Gasteiger partial charge in [-0.15, -0.1) is 0 Å². The van der Waals surface area contributed by atoms with Crippen LogP contribution in [0.15, 0.2) is 115 Å². The third kappa shape index (κ3) is 3.34. The molecule has 0 saturated carbocycles. The van der Waals surface area contributed by atoms with Gasteiger partial charge in [0, 0.05) is 59.1 Å². The van der Waals surface area contributed by atoms with Gasteiger partial charge in [-0.3, -0.25) is 0 Å². The number of anilines is 1. The Balaban J connectivity index is 1.42. The fourth-order valence-electron chi connectivity index (χ4n) is 6.86. The largest absolute Gasteiger partial charge is 0.333 e. The molecule has 3 heterocycles. The van der Waals surface area contributed by atoms with Gasteiger partial charge in [0.15, 0.2) is 11.6 Å². The fraction of sp³-hybridized carbons (Fsp3) is 0.143. The molecule has 2 aromatic heterocycles. The summed E-state index contributed by atoms with van der Waals surface area (Å²) in [6.45, 7) is 4.79. The van der Waals surface area contributed by atoms with Crippen LogP contribution in [0.2, 0.25) is 0 Å². The summed E-state index contributed by atoms with van der Waals surface area (Å²) in [5.41, 5.74) is 12.4. The van der Waals surface area contributed by atoms with Crippen LogP contribution in [0.25, 0.3) is 34.4 Å². The maximum Gasteiger partial charge on any atom is 0.159 e. The van der Waals surface area contributed by atoms with Gasteiger partial charge in [0.25, 0.3) is 0 Å². The molecule has 0 radical (unpaired) electrons. The Morgan fingerprint density at radius 1 is 0.725 bits per heavy atom. The lowest BCUT2D eigenvalue weighted by Gasteiger charge is -2.47. The van der Waals surface area contributed by atoms with E-state index in [2.05, 4.69) is 111 Å². The van der Waals surface area contributed by atoms with Crippen molar-refractivity contribution in [3.8, 4) is 22.8 Å². The molecule has 5 aromatic rings. The lowest BCUT2D eigenvalue weighted by atomic mass is 9.69. The third-order valence-electron chi connectivity index (χ3n) is 8.57. The van der Waals surface area contributed by atoms with E-state index in [-0.39, 0.29) is 11.5 Å². The zero-order valence-electron chi connectivity index (χ0n) is 22.4. The molecule has 192 valence electrons. The first-order valence-corrected chi connectivity index (χ1v) is 13.7. The molecule has 40 heavy (non-hydrogen) atoms. The van der Waals surface area contributed by atoms with Crippen molar-refractivity contribution in [3.05, 3.63) is 137 Å². The minimum atomic E-state index is -0.117. The van der Waals surface area contributed by atoms with Crippen LogP contribution in [-0.2, 0) is 6.42 Å². The number of allylic oxidation sites excluding steroid dienone is 2. The van der Waals surface area contributed by atoms with E-state index in [1.165, 1.54) is 39.1 Å². The van der Waals surface area contributed by atoms with Crippen molar-refractivity contribution in [1.82, 2.24) is 19.9 Å². The molecule has 2 aliphatic carbocycles. The number of benzene rings is 3. The summed E-state index contributed by atoms with van der Waals surface area (Å²) < 4.78 is 0. The number of nitrogens with zero attached hydrogens (tertiary/aromatic N) is 5. The van der Waals surface area contributed by atoms with E-state index in [1.807, 2.05) is 12.1 Å². The van der Waals surface area contributed by atoms with Gasteiger partial charge in [-0.05, 0) is 63.7 Å². The lowest BCUT2D eigenvalue weighted by Crippen LogP contribution is -2.39. The van der Waals surface area contributed by atoms with Crippen molar-refractivity contribution >= 4 is 17.3 Å². The lowest BCUT2D eigenvalue weighted by molar-refractivity contribution is 0.521. The normalized spacial score (nSPS) is 18.1. The Bertz CT molecular complexity index is 1800. The Hall–Kier alpha value is -4.90. The van der Waals surface area contributed by atoms with Gasteiger partial charge >= 0.3 is 0 Å². The minimum absolute atomic E-state index is 0.0933. The van der Waals surface area contributed by atoms with Crippen molar-refractivity contribution in [2.45, 2.75) is 26.3 Å². The first kappa shape index (κ1) is 23.0. The molecule has 0 bridgehead atoms. The van der Waals surface area contributed by atoms with Crippen LogP contribution in [-0.4, -0.2) is 19.9 Å². The number of aromatic nitrogens is 4. The maximum absolute atomic E-state index is 4.60. The number of hydrogen-bond acceptors (Lipinski definition) is 5. The van der Waals surface area contributed by atoms with Crippen LogP contribution in [0.3, 0.4) is 0 Å². The topological polar surface area (TPSA) is 54.8 Å². The SMILES string of the molecule is CC1(C)C2=Cc3ccccc3C2N(c2cc(-c3ncccn3)cc(-c3ncccn3)c2)C2=C1c1ccccc1C2. The molecule has 5 nitrogen and oxygen atoms in total. The predicted molar refractivity (Wildman–Crippen MR) is 159 cm³/mol. The molecule has 0 fully saturated rings. The van der Waals surface area contributed by atoms with E-state index in [1.54, 1.807) is 24.8 Å². The van der Waals surface area contributed by atoms with Crippen LogP contribution in [0.1, 0.15) is 42.1 Å². The van der Waals surface area contributed by atoms with Gasteiger partial charge in [-0.25, -0.2) is 19.9 Å². The highest BCUT2D eigenvalue weighted by atomic mass is 15.2. The highest BCUT2D eigenvalue weighted by molar-refractivity contribution is 5.92. The molecule has 0 amide bonds. The van der Waals surface area contributed by atoms with Crippen LogP contribution in [0.5, 0.6) is 0 Å². The Morgan fingerprint density at radius 3 is 2.05 bits per heavy atom. The quantitative estimate of drug-likeness (QED) is 0.247. The van der Waals surface area contributed by atoms with Crippen molar-refractivity contribution in [1.29, 1.82) is 0 Å². The number of fused-ring (bicyclic) bond motifs is 5. The van der Waals surface area contributed by atoms with Gasteiger partial charge < -0.3 is 4.90 Å². The average molecular weight is 518 g/mol. The molecular formula is C35H27N5. The van der Waals surface area contributed by atoms with E-state index < -0.39 is 0 Å². The Kier molecular flexibility index (Phi) is 4.92. The summed E-state index contributed by atoms with van der Waals surface area (Å²) in [7, 11) is 0. The van der Waals surface area contributed by atoms with Crippen LogP contribution >= 0.6 is 0 Å². The van der Waals surface area contributed by atoms with E-state index in [0.29, 0.717) is 11.6 Å². The van der Waals surface area contributed by atoms with Gasteiger partial charge in [-0.1, -0.05) is 68.5 Å². The van der Waals surface area contributed by atoms with Crippen molar-refractivity contribution in [3.63, 3.8) is 0 Å². The summed E-state index contributed by atoms with van der Waals surface area (Å²) in [6.07, 6.45) is 10.5. The summed E-state index contributed by atoms with van der Waals surface area (Å²) in [6, 6.07) is 28.0. The zero-order valence-corrected chi connectivity index (χ0v) is 22.4. The maximum atomic E-state index is 4.60. The van der Waals surface area contributed by atoms with Crippen LogP contribution < -0.4 is 4.90 Å². The van der Waals surface area contributed by atoms with E-state index in [4.69, 9.17) is 0 Å². The first-order chi connectivity index (χ1) is 19.6. The molecule has 0 N–H and O–H groups in total. The highest BCUT2D eigenvalue weighted by Gasteiger charge is 2.49. The standard InChI is InChI=1S/C35H27N5/c1-35(2)29-20-22-9-4-6-12-28(22)32(29)40(30-21-23-10-3-5-11-27(23)31(30)35)26-18-24(33-36-13-7-14-37-33)17-25(19-26)34-38-15-8-16-39-34/h3-20,32H,21H2,1-2H3. The van der Waals surface area contributed by atoms with Gasteiger partial charge in [0.1, 0.15) is 0 Å². The Labute approximate surface area is 233 Å². The molecule has 3 aliphatic rings. The summed E-state index contributed by atoms with van der Waals surface area (Å²) in [5.74, 6) is 1.37. The number of rotatable bonds is 3. The molecule has 0 spiro atoms. The summed E-state index contributed by atoms with van der Waals surface area (Å²) in [5, 5.41) is 0. The second kappa shape index (κ2) is 8.55. The average Bonchev–Trinajstić information content (AvgIpc) is 3.59. The van der Waals surface area contributed by atoms with E-state index in [0.717, 1.165) is 23.2 Å². The van der Waals surface area contributed by atoms with Crippen LogP contribution in [0, 0.1) is 5.41 Å². The predicted octanol–water partition coefficient (Wildman–Crippen LogP) is 7.55. The van der Waals surface area contributed by atoms with E-state index >= 15 is 0 Å². The fourth-order valence-corrected chi connectivity index (χ4v) is 6.86. The monoisotopic (exact) mass is 517 g/mol. The molecule has 8 rings (SSSR count). The van der Waals surface area contributed by atoms with Crippen molar-refractivity contribution < 1.29 is 0 Å². The van der Waals surface area contributed by atoms with Crippen molar-refractivity contribution in [2.75, 3.05) is 4.90 Å². The molecule has 1 atom stereocenters. The van der Waals surface area contributed by atoms with Gasteiger partial charge in [0.05, 0.1) is 6.04 Å².